The molecule has 0 radical (unpaired) electrons. The third-order valence-electron chi connectivity index (χ3n) is 5.53. The van der Waals surface area contributed by atoms with Gasteiger partial charge >= 0.3 is 0 Å². The molecule has 0 aliphatic carbocycles. The van der Waals surface area contributed by atoms with Gasteiger partial charge in [-0.1, -0.05) is 55.5 Å². The first-order valence-corrected chi connectivity index (χ1v) is 13.5. The number of nitrogens with zero attached hydrogens (tertiary/aromatic N) is 2. The largest absolute Gasteiger partial charge is 0.273 e. The molecule has 1 atom stereocenters. The SMILES string of the molecule is Cc1cc(N2C(=O)C(C)CS2(=O)=O)ccc1S(=O)(=O)N(Cc1ccccc1)c1ccccc1. The fourth-order valence-electron chi connectivity index (χ4n) is 3.91. The molecule has 1 saturated heterocycles. The van der Waals surface area contributed by atoms with Gasteiger partial charge in [0.05, 0.1) is 34.5 Å². The van der Waals surface area contributed by atoms with E-state index < -0.39 is 31.9 Å². The highest BCUT2D eigenvalue weighted by Crippen LogP contribution is 2.33. The third-order valence-corrected chi connectivity index (χ3v) is 9.34. The van der Waals surface area contributed by atoms with Gasteiger partial charge in [0.1, 0.15) is 0 Å². The molecule has 1 aliphatic heterocycles. The summed E-state index contributed by atoms with van der Waals surface area (Å²) in [6.45, 7) is 3.29. The second kappa shape index (κ2) is 8.64. The minimum Gasteiger partial charge on any atom is -0.273 e. The summed E-state index contributed by atoms with van der Waals surface area (Å²) >= 11 is 0. The number of hydrogen-bond donors (Lipinski definition) is 0. The van der Waals surface area contributed by atoms with Crippen LogP contribution in [0.5, 0.6) is 0 Å². The van der Waals surface area contributed by atoms with Gasteiger partial charge in [0.2, 0.25) is 15.9 Å². The Morgan fingerprint density at radius 3 is 2.12 bits per heavy atom. The summed E-state index contributed by atoms with van der Waals surface area (Å²) in [5.74, 6) is -1.41. The fourth-order valence-corrected chi connectivity index (χ4v) is 7.39. The van der Waals surface area contributed by atoms with Crippen LogP contribution in [0.15, 0.2) is 83.8 Å². The van der Waals surface area contributed by atoms with Crippen molar-refractivity contribution in [3.63, 3.8) is 0 Å². The van der Waals surface area contributed by atoms with Gasteiger partial charge in [-0.25, -0.2) is 21.1 Å². The molecule has 1 unspecified atom stereocenters. The Balaban J connectivity index is 1.76. The second-order valence-corrected chi connectivity index (χ2v) is 11.8. The Bertz CT molecular complexity index is 1390. The molecule has 9 heteroatoms. The van der Waals surface area contributed by atoms with Crippen molar-refractivity contribution in [2.75, 3.05) is 14.4 Å². The van der Waals surface area contributed by atoms with Crippen molar-refractivity contribution in [3.8, 4) is 0 Å². The van der Waals surface area contributed by atoms with Crippen molar-refractivity contribution < 1.29 is 21.6 Å². The van der Waals surface area contributed by atoms with Gasteiger partial charge < -0.3 is 0 Å². The molecule has 1 amide bonds. The minimum absolute atomic E-state index is 0.0446. The second-order valence-electron chi connectivity index (χ2n) is 8.06. The number of carbonyl (C=O) groups is 1. The van der Waals surface area contributed by atoms with Crippen LogP contribution in [-0.4, -0.2) is 28.5 Å². The smallest absolute Gasteiger partial charge is 0.264 e. The molecule has 1 fully saturated rings. The van der Waals surface area contributed by atoms with E-state index in [-0.39, 0.29) is 22.9 Å². The van der Waals surface area contributed by atoms with Crippen molar-refractivity contribution in [1.82, 2.24) is 0 Å². The lowest BCUT2D eigenvalue weighted by molar-refractivity contribution is -0.119. The maximum Gasteiger partial charge on any atom is 0.264 e. The van der Waals surface area contributed by atoms with E-state index in [9.17, 15) is 21.6 Å². The van der Waals surface area contributed by atoms with E-state index in [2.05, 4.69) is 0 Å². The maximum atomic E-state index is 13.8. The molecule has 0 spiro atoms. The van der Waals surface area contributed by atoms with Crippen LogP contribution in [-0.2, 0) is 31.4 Å². The van der Waals surface area contributed by atoms with Gasteiger partial charge in [0.15, 0.2) is 0 Å². The number of hydrogen-bond acceptors (Lipinski definition) is 5. The zero-order chi connectivity index (χ0) is 23.8. The Morgan fingerprint density at radius 2 is 1.58 bits per heavy atom. The van der Waals surface area contributed by atoms with Gasteiger partial charge in [-0.05, 0) is 48.4 Å². The van der Waals surface area contributed by atoms with Gasteiger partial charge in [0.25, 0.3) is 10.0 Å². The van der Waals surface area contributed by atoms with Crippen LogP contribution in [0.3, 0.4) is 0 Å². The monoisotopic (exact) mass is 484 g/mol. The quantitative estimate of drug-likeness (QED) is 0.532. The van der Waals surface area contributed by atoms with E-state index in [0.29, 0.717) is 11.3 Å². The average Bonchev–Trinajstić information content (AvgIpc) is 2.99. The Morgan fingerprint density at radius 1 is 0.970 bits per heavy atom. The number of sulfonamides is 2. The summed E-state index contributed by atoms with van der Waals surface area (Å²) < 4.78 is 54.5. The lowest BCUT2D eigenvalue weighted by atomic mass is 10.2. The summed E-state index contributed by atoms with van der Waals surface area (Å²) in [6, 6.07) is 22.2. The highest BCUT2D eigenvalue weighted by Gasteiger charge is 2.42. The van der Waals surface area contributed by atoms with Crippen LogP contribution in [0, 0.1) is 12.8 Å². The number of rotatable bonds is 6. The average molecular weight is 485 g/mol. The van der Waals surface area contributed by atoms with Gasteiger partial charge in [0, 0.05) is 0 Å². The molecule has 0 bridgehead atoms. The topological polar surface area (TPSA) is 91.8 Å². The van der Waals surface area contributed by atoms with E-state index in [1.807, 2.05) is 36.4 Å². The predicted octanol–water partition coefficient (Wildman–Crippen LogP) is 3.70. The van der Waals surface area contributed by atoms with Crippen LogP contribution in [0.2, 0.25) is 0 Å². The molecule has 1 heterocycles. The normalized spacial score (nSPS) is 17.8. The molecular formula is C24H24N2O5S2. The standard InChI is InChI=1S/C24H24N2O5S2/c1-18-15-22(26-24(27)19(2)17-32(26,28)29)13-14-23(18)33(30,31)25(21-11-7-4-8-12-21)16-20-9-5-3-6-10-20/h3-15,19H,16-17H2,1-2H3. The van der Waals surface area contributed by atoms with Crippen LogP contribution < -0.4 is 8.61 Å². The first-order chi connectivity index (χ1) is 15.6. The minimum atomic E-state index is -4.00. The van der Waals surface area contributed by atoms with Gasteiger partial charge in [-0.15, -0.1) is 0 Å². The maximum absolute atomic E-state index is 13.8. The first kappa shape index (κ1) is 23.0. The Labute approximate surface area is 194 Å². The van der Waals surface area contributed by atoms with E-state index >= 15 is 0 Å². The number of benzene rings is 3. The van der Waals surface area contributed by atoms with Crippen molar-refractivity contribution >= 4 is 37.3 Å². The Kier molecular flexibility index (Phi) is 6.02. The fraction of sp³-hybridized carbons (Fsp3) is 0.208. The van der Waals surface area contributed by atoms with Crippen LogP contribution >= 0.6 is 0 Å². The van der Waals surface area contributed by atoms with Crippen LogP contribution in [0.4, 0.5) is 11.4 Å². The van der Waals surface area contributed by atoms with Gasteiger partial charge in [-0.3, -0.25) is 9.10 Å². The lowest BCUT2D eigenvalue weighted by Crippen LogP contribution is -2.32. The zero-order valence-corrected chi connectivity index (χ0v) is 19.9. The van der Waals surface area contributed by atoms with Crippen LogP contribution in [0.1, 0.15) is 18.1 Å². The van der Waals surface area contributed by atoms with Crippen molar-refractivity contribution in [3.05, 3.63) is 90.0 Å². The molecule has 7 nitrogen and oxygen atoms in total. The molecule has 0 saturated carbocycles. The van der Waals surface area contributed by atoms with Crippen molar-refractivity contribution in [2.45, 2.75) is 25.3 Å². The summed E-state index contributed by atoms with van der Waals surface area (Å²) in [6.07, 6.45) is 0. The van der Waals surface area contributed by atoms with E-state index in [1.54, 1.807) is 38.1 Å². The molecule has 3 aromatic carbocycles. The lowest BCUT2D eigenvalue weighted by Gasteiger charge is -2.26. The summed E-state index contributed by atoms with van der Waals surface area (Å²) in [5.41, 5.74) is 1.83. The molecule has 4 rings (SSSR count). The van der Waals surface area contributed by atoms with Gasteiger partial charge in [-0.2, -0.15) is 0 Å². The highest BCUT2D eigenvalue weighted by molar-refractivity contribution is 7.94. The van der Waals surface area contributed by atoms with Crippen LogP contribution in [0.25, 0.3) is 0 Å². The molecular weight excluding hydrogens is 460 g/mol. The van der Waals surface area contributed by atoms with E-state index in [4.69, 9.17) is 0 Å². The summed E-state index contributed by atoms with van der Waals surface area (Å²) in [4.78, 5) is 12.5. The Hall–Kier alpha value is -3.17. The van der Waals surface area contributed by atoms with Crippen molar-refractivity contribution in [2.24, 2.45) is 5.92 Å². The van der Waals surface area contributed by atoms with E-state index in [1.165, 1.54) is 22.5 Å². The number of para-hydroxylation sites is 1. The zero-order valence-electron chi connectivity index (χ0n) is 18.2. The molecule has 3 aromatic rings. The van der Waals surface area contributed by atoms with E-state index in [0.717, 1.165) is 9.87 Å². The third kappa shape index (κ3) is 4.38. The molecule has 33 heavy (non-hydrogen) atoms. The molecule has 0 N–H and O–H groups in total. The first-order valence-electron chi connectivity index (χ1n) is 10.4. The highest BCUT2D eigenvalue weighted by atomic mass is 32.2. The molecule has 0 aromatic heterocycles. The molecule has 1 aliphatic rings. The predicted molar refractivity (Wildman–Crippen MR) is 128 cm³/mol. The number of anilines is 2. The number of aryl methyl sites for hydroxylation is 1. The number of carbonyl (C=O) groups excluding carboxylic acids is 1. The summed E-state index contributed by atoms with van der Waals surface area (Å²) in [7, 11) is -7.78. The molecule has 172 valence electrons. The van der Waals surface area contributed by atoms with Crippen molar-refractivity contribution in [1.29, 1.82) is 0 Å². The number of amides is 1. The summed E-state index contributed by atoms with van der Waals surface area (Å²) in [5, 5.41) is 0.